The lowest BCUT2D eigenvalue weighted by molar-refractivity contribution is -0.868. The van der Waals surface area contributed by atoms with E-state index in [2.05, 4.69) is 0 Å². The van der Waals surface area contributed by atoms with Gasteiger partial charge in [0.05, 0.1) is 40.5 Å². The van der Waals surface area contributed by atoms with E-state index < -0.39 is 7.60 Å². The van der Waals surface area contributed by atoms with E-state index in [4.69, 9.17) is 14.0 Å². The molecular formula is C12H20NO5PS. The predicted molar refractivity (Wildman–Crippen MR) is 75.6 cm³/mol. The van der Waals surface area contributed by atoms with E-state index in [-0.39, 0.29) is 18.9 Å². The van der Waals surface area contributed by atoms with Crippen LogP contribution in [0.4, 0.5) is 0 Å². The van der Waals surface area contributed by atoms with Gasteiger partial charge in [-0.05, 0) is 0 Å². The van der Waals surface area contributed by atoms with E-state index in [0.717, 1.165) is 0 Å². The lowest BCUT2D eigenvalue weighted by Crippen LogP contribution is -2.38. The maximum atomic E-state index is 11.8. The molecule has 2 rings (SSSR count). The first-order valence-corrected chi connectivity index (χ1v) is 9.03. The number of fused-ring (bicyclic) bond motifs is 1. The minimum absolute atomic E-state index is 0.00674. The molecule has 1 aromatic heterocycles. The number of hydrogen-bond acceptors (Lipinski definition) is 6. The van der Waals surface area contributed by atoms with Crippen LogP contribution < -0.4 is 14.4 Å². The molecule has 0 amide bonds. The van der Waals surface area contributed by atoms with Crippen molar-refractivity contribution in [2.45, 2.75) is 6.10 Å². The van der Waals surface area contributed by atoms with Gasteiger partial charge in [0, 0.05) is 10.8 Å². The number of thiophene rings is 1. The molecule has 114 valence electrons. The molecule has 20 heavy (non-hydrogen) atoms. The Kier molecular flexibility index (Phi) is 4.76. The monoisotopic (exact) mass is 321 g/mol. The van der Waals surface area contributed by atoms with Gasteiger partial charge in [0.25, 0.3) is 0 Å². The molecule has 2 heterocycles. The Morgan fingerprint density at radius 1 is 1.45 bits per heavy atom. The molecule has 1 aromatic rings. The molecule has 0 aromatic carbocycles. The summed E-state index contributed by atoms with van der Waals surface area (Å²) in [5.41, 5.74) is 0. The maximum Gasteiger partial charge on any atom is 0.172 e. The van der Waals surface area contributed by atoms with Gasteiger partial charge in [-0.3, -0.25) is 0 Å². The molecular weight excluding hydrogens is 301 g/mol. The first-order valence-electron chi connectivity index (χ1n) is 6.36. The fourth-order valence-electron chi connectivity index (χ4n) is 1.63. The summed E-state index contributed by atoms with van der Waals surface area (Å²) in [6, 6.07) is 0. The Balaban J connectivity index is 1.79. The van der Waals surface area contributed by atoms with Crippen molar-refractivity contribution in [1.29, 1.82) is 0 Å². The van der Waals surface area contributed by atoms with Gasteiger partial charge in [0.2, 0.25) is 0 Å². The molecule has 1 aliphatic heterocycles. The second kappa shape index (κ2) is 6.03. The molecule has 1 aliphatic rings. The molecule has 2 atom stereocenters. The molecule has 0 radical (unpaired) electrons. The number of nitrogens with zero attached hydrogens (tertiary/aromatic N) is 1. The van der Waals surface area contributed by atoms with E-state index in [9.17, 15) is 9.46 Å². The van der Waals surface area contributed by atoms with Crippen molar-refractivity contribution in [3.05, 3.63) is 10.8 Å². The van der Waals surface area contributed by atoms with Crippen LogP contribution in [0.1, 0.15) is 0 Å². The lowest BCUT2D eigenvalue weighted by atomic mass is 10.3. The van der Waals surface area contributed by atoms with Crippen molar-refractivity contribution in [1.82, 2.24) is 0 Å². The van der Waals surface area contributed by atoms with Crippen LogP contribution in [0.2, 0.25) is 0 Å². The highest BCUT2D eigenvalue weighted by Crippen LogP contribution is 2.39. The largest absolute Gasteiger partial charge is 0.778 e. The average molecular weight is 321 g/mol. The molecule has 0 saturated carbocycles. The quantitative estimate of drug-likeness (QED) is 0.581. The summed E-state index contributed by atoms with van der Waals surface area (Å²) in [5.74, 6) is 1.36. The number of quaternary nitrogens is 1. The van der Waals surface area contributed by atoms with Crippen LogP contribution >= 0.6 is 18.9 Å². The fraction of sp³-hybridized carbons (Fsp3) is 0.667. The third-order valence-electron chi connectivity index (χ3n) is 2.81. The average Bonchev–Trinajstić information content (AvgIpc) is 2.81. The second-order valence-corrected chi connectivity index (χ2v) is 8.47. The molecule has 0 saturated heterocycles. The maximum absolute atomic E-state index is 11.8. The Labute approximate surface area is 123 Å². The standard InChI is InChI=1S/C12H20NO5PS/c1-13(2,3)4-5-19(14,15)17-7-10-6-16-11-8-20-9-12(11)18-10/h8-10H,4-7H2,1-3H3. The van der Waals surface area contributed by atoms with Gasteiger partial charge in [-0.25, -0.2) is 0 Å². The Hall–Kier alpha value is -0.590. The molecule has 0 fully saturated rings. The van der Waals surface area contributed by atoms with Gasteiger partial charge in [0.15, 0.2) is 17.6 Å². The van der Waals surface area contributed by atoms with Gasteiger partial charge in [-0.15, -0.1) is 11.3 Å². The van der Waals surface area contributed by atoms with Crippen LogP contribution in [-0.4, -0.2) is 57.7 Å². The highest BCUT2D eigenvalue weighted by molar-refractivity contribution is 7.51. The van der Waals surface area contributed by atoms with Gasteiger partial charge < -0.3 is 27.9 Å². The van der Waals surface area contributed by atoms with Gasteiger partial charge >= 0.3 is 0 Å². The van der Waals surface area contributed by atoms with Crippen molar-refractivity contribution in [2.24, 2.45) is 0 Å². The van der Waals surface area contributed by atoms with Crippen LogP contribution in [0.3, 0.4) is 0 Å². The predicted octanol–water partition coefficient (Wildman–Crippen LogP) is 1.16. The summed E-state index contributed by atoms with van der Waals surface area (Å²) in [7, 11) is 2.00. The van der Waals surface area contributed by atoms with Crippen molar-refractivity contribution >= 4 is 18.9 Å². The van der Waals surface area contributed by atoms with E-state index in [1.165, 1.54) is 11.3 Å². The van der Waals surface area contributed by atoms with Crippen molar-refractivity contribution < 1.29 is 27.9 Å². The zero-order valence-corrected chi connectivity index (χ0v) is 13.6. The zero-order valence-electron chi connectivity index (χ0n) is 11.9. The van der Waals surface area contributed by atoms with E-state index in [1.54, 1.807) is 0 Å². The van der Waals surface area contributed by atoms with Crippen LogP contribution in [0.5, 0.6) is 11.5 Å². The van der Waals surface area contributed by atoms with Gasteiger partial charge in [-0.2, -0.15) is 0 Å². The second-order valence-electron chi connectivity index (χ2n) is 5.80. The summed E-state index contributed by atoms with van der Waals surface area (Å²) >= 11 is 1.48. The van der Waals surface area contributed by atoms with Gasteiger partial charge in [0.1, 0.15) is 14.2 Å². The number of hydrogen-bond donors (Lipinski definition) is 0. The van der Waals surface area contributed by atoms with Crippen molar-refractivity contribution in [3.63, 3.8) is 0 Å². The summed E-state index contributed by atoms with van der Waals surface area (Å²) < 4.78 is 28.5. The Bertz CT molecular complexity index is 498. The molecule has 0 bridgehead atoms. The summed E-state index contributed by atoms with van der Waals surface area (Å²) in [4.78, 5) is 11.8. The van der Waals surface area contributed by atoms with Crippen LogP contribution in [0.15, 0.2) is 10.8 Å². The van der Waals surface area contributed by atoms with Crippen LogP contribution in [-0.2, 0) is 9.09 Å². The third kappa shape index (κ3) is 4.75. The first kappa shape index (κ1) is 15.8. The zero-order chi connectivity index (χ0) is 14.8. The van der Waals surface area contributed by atoms with E-state index in [1.807, 2.05) is 31.9 Å². The van der Waals surface area contributed by atoms with Crippen LogP contribution in [0, 0.1) is 0 Å². The topological polar surface area (TPSA) is 67.8 Å². The summed E-state index contributed by atoms with van der Waals surface area (Å²) in [6.07, 6.45) is -0.364. The smallest absolute Gasteiger partial charge is 0.172 e. The molecule has 0 aliphatic carbocycles. The summed E-state index contributed by atoms with van der Waals surface area (Å²) in [6.45, 7) is 0.809. The molecule has 8 heteroatoms. The van der Waals surface area contributed by atoms with Crippen molar-refractivity contribution in [2.75, 3.05) is 47.1 Å². The minimum Gasteiger partial charge on any atom is -0.778 e. The van der Waals surface area contributed by atoms with Gasteiger partial charge in [-0.1, -0.05) is 0 Å². The highest BCUT2D eigenvalue weighted by Gasteiger charge is 2.24. The molecule has 0 N–H and O–H groups in total. The Morgan fingerprint density at radius 2 is 2.15 bits per heavy atom. The lowest BCUT2D eigenvalue weighted by Gasteiger charge is -2.31. The van der Waals surface area contributed by atoms with Crippen molar-refractivity contribution in [3.8, 4) is 11.5 Å². The molecule has 2 unspecified atom stereocenters. The highest BCUT2D eigenvalue weighted by atomic mass is 32.1. The SMILES string of the molecule is C[N+](C)(C)CCP(=O)([O-])OCC1COc2cscc2O1. The minimum atomic E-state index is -3.82. The molecule has 6 nitrogen and oxygen atoms in total. The number of ether oxygens (including phenoxy) is 2. The summed E-state index contributed by atoms with van der Waals surface area (Å²) in [5, 5.41) is 3.68. The van der Waals surface area contributed by atoms with E-state index >= 15 is 0 Å². The first-order chi connectivity index (χ1) is 9.25. The Morgan fingerprint density at radius 3 is 2.85 bits per heavy atom. The normalized spacial score (nSPS) is 21.5. The van der Waals surface area contributed by atoms with E-state index in [0.29, 0.717) is 29.1 Å². The van der Waals surface area contributed by atoms with Crippen LogP contribution in [0.25, 0.3) is 0 Å². The number of rotatable bonds is 6. The third-order valence-corrected chi connectivity index (χ3v) is 4.80. The molecule has 0 spiro atoms. The fourth-order valence-corrected chi connectivity index (χ4v) is 3.67.